The Morgan fingerprint density at radius 2 is 1.76 bits per heavy atom. The third-order valence-corrected chi connectivity index (χ3v) is 6.24. The summed E-state index contributed by atoms with van der Waals surface area (Å²) in [6, 6.07) is 16.9. The molecule has 0 aliphatic carbocycles. The summed E-state index contributed by atoms with van der Waals surface area (Å²) < 4.78 is 19.8. The minimum Gasteiger partial charge on any atom is -0.496 e. The molecule has 0 saturated carbocycles. The summed E-state index contributed by atoms with van der Waals surface area (Å²) in [7, 11) is 1.51. The van der Waals surface area contributed by atoms with Gasteiger partial charge in [-0.15, -0.1) is 0 Å². The number of amides is 1. The molecule has 3 rings (SSSR count). The van der Waals surface area contributed by atoms with Crippen molar-refractivity contribution in [1.29, 1.82) is 0 Å². The fourth-order valence-electron chi connectivity index (χ4n) is 2.88. The number of hydrogen-bond donors (Lipinski definition) is 1. The second kappa shape index (κ2) is 12.4. The zero-order valence-corrected chi connectivity index (χ0v) is 23.2. The lowest BCUT2D eigenvalue weighted by molar-refractivity contribution is 0.0952. The summed E-state index contributed by atoms with van der Waals surface area (Å²) in [5, 5.41) is 4.10. The minimum absolute atomic E-state index is 0.376. The van der Waals surface area contributed by atoms with Crippen LogP contribution in [-0.4, -0.2) is 25.8 Å². The van der Waals surface area contributed by atoms with E-state index >= 15 is 0 Å². The number of nitrogens with one attached hydrogen (secondary N) is 1. The van der Waals surface area contributed by atoms with Gasteiger partial charge in [0.05, 0.1) is 29.1 Å². The highest BCUT2D eigenvalue weighted by molar-refractivity contribution is 14.1. The summed E-state index contributed by atoms with van der Waals surface area (Å²) in [5.41, 5.74) is 4.73. The highest BCUT2D eigenvalue weighted by atomic mass is 127. The average molecular weight is 688 g/mol. The number of ether oxygens (including phenoxy) is 3. The van der Waals surface area contributed by atoms with Crippen molar-refractivity contribution < 1.29 is 19.0 Å². The molecule has 0 atom stereocenters. The number of methoxy groups -OCH3 is 1. The van der Waals surface area contributed by atoms with Crippen molar-refractivity contribution in [2.75, 3.05) is 13.7 Å². The van der Waals surface area contributed by atoms with E-state index < -0.39 is 0 Å². The third-order valence-electron chi connectivity index (χ3n) is 4.41. The average Bonchev–Trinajstić information content (AvgIpc) is 2.80. The molecule has 0 fully saturated rings. The van der Waals surface area contributed by atoms with Crippen molar-refractivity contribution >= 4 is 66.6 Å². The van der Waals surface area contributed by atoms with E-state index in [2.05, 4.69) is 65.0 Å². The largest absolute Gasteiger partial charge is 0.496 e. The topological polar surface area (TPSA) is 69.2 Å². The van der Waals surface area contributed by atoms with Gasteiger partial charge in [-0.2, -0.15) is 5.10 Å². The van der Waals surface area contributed by atoms with Crippen LogP contribution in [0.2, 0.25) is 0 Å². The van der Waals surface area contributed by atoms with Crippen LogP contribution >= 0.6 is 54.5 Å². The Morgan fingerprint density at radius 3 is 2.45 bits per heavy atom. The van der Waals surface area contributed by atoms with Gasteiger partial charge in [-0.25, -0.2) is 5.43 Å². The van der Waals surface area contributed by atoms with Gasteiger partial charge in [0.1, 0.15) is 12.4 Å². The van der Waals surface area contributed by atoms with Gasteiger partial charge in [-0.1, -0.05) is 44.0 Å². The molecule has 3 aromatic carbocycles. The fourth-order valence-corrected chi connectivity index (χ4v) is 4.29. The van der Waals surface area contributed by atoms with Gasteiger partial charge in [-0.05, 0) is 83.1 Å². The van der Waals surface area contributed by atoms with Gasteiger partial charge in [-0.3, -0.25) is 4.79 Å². The Labute approximate surface area is 223 Å². The lowest BCUT2D eigenvalue weighted by atomic mass is 10.2. The Balaban J connectivity index is 1.74. The molecular formula is C24H21Br2IN2O4. The van der Waals surface area contributed by atoms with Gasteiger partial charge >= 0.3 is 0 Å². The van der Waals surface area contributed by atoms with E-state index in [9.17, 15) is 4.79 Å². The second-order valence-corrected chi connectivity index (χ2v) is 9.72. The van der Waals surface area contributed by atoms with Crippen molar-refractivity contribution in [2.24, 2.45) is 5.10 Å². The molecule has 0 unspecified atom stereocenters. The number of hydrazone groups is 1. The summed E-state index contributed by atoms with van der Waals surface area (Å²) in [4.78, 5) is 12.5. The smallest absolute Gasteiger partial charge is 0.275 e. The van der Waals surface area contributed by atoms with Crippen LogP contribution in [0, 0.1) is 3.57 Å². The van der Waals surface area contributed by atoms with Crippen LogP contribution in [0.3, 0.4) is 0 Å². The Bertz CT molecular complexity index is 1150. The molecule has 6 nitrogen and oxygen atoms in total. The third kappa shape index (κ3) is 7.18. The maximum absolute atomic E-state index is 12.5. The minimum atomic E-state index is -0.376. The van der Waals surface area contributed by atoms with Gasteiger partial charge in [0.2, 0.25) is 0 Å². The monoisotopic (exact) mass is 686 g/mol. The van der Waals surface area contributed by atoms with Gasteiger partial charge in [0.15, 0.2) is 11.5 Å². The molecule has 0 aliphatic heterocycles. The highest BCUT2D eigenvalue weighted by Gasteiger charge is 2.14. The van der Waals surface area contributed by atoms with Crippen LogP contribution in [0.5, 0.6) is 17.2 Å². The summed E-state index contributed by atoms with van der Waals surface area (Å²) >= 11 is 9.00. The van der Waals surface area contributed by atoms with E-state index in [4.69, 9.17) is 14.2 Å². The molecule has 1 N–H and O–H groups in total. The first-order valence-electron chi connectivity index (χ1n) is 9.91. The standard InChI is InChI=1S/C24H21Br2IN2O4/c1-3-32-22-11-16(10-20(27)23(22)33-14-15-4-6-17(25)7-5-15)13-28-29-24(30)19-12-18(26)8-9-21(19)31-2/h4-13H,3,14H2,1-2H3,(H,29,30)/b28-13-. The SMILES string of the molecule is CCOc1cc(/C=N\NC(=O)c2cc(Br)ccc2OC)cc(I)c1OCc1ccc(Br)cc1. The molecule has 33 heavy (non-hydrogen) atoms. The zero-order chi connectivity index (χ0) is 23.8. The fraction of sp³-hybridized carbons (Fsp3) is 0.167. The number of carbonyl (C=O) groups is 1. The Hall–Kier alpha value is -2.11. The van der Waals surface area contributed by atoms with Crippen molar-refractivity contribution in [1.82, 2.24) is 5.43 Å². The molecule has 0 saturated heterocycles. The Kier molecular flexibility index (Phi) is 9.57. The quantitative estimate of drug-likeness (QED) is 0.157. The van der Waals surface area contributed by atoms with Gasteiger partial charge in [0, 0.05) is 8.95 Å². The molecule has 0 heterocycles. The number of hydrogen-bond acceptors (Lipinski definition) is 5. The number of halogens is 3. The molecule has 0 spiro atoms. The molecule has 172 valence electrons. The van der Waals surface area contributed by atoms with E-state index in [1.54, 1.807) is 24.4 Å². The van der Waals surface area contributed by atoms with E-state index in [1.165, 1.54) is 7.11 Å². The number of carbonyl (C=O) groups excluding carboxylic acids is 1. The van der Waals surface area contributed by atoms with Crippen LogP contribution in [0.25, 0.3) is 0 Å². The molecule has 0 radical (unpaired) electrons. The van der Waals surface area contributed by atoms with E-state index in [0.717, 1.165) is 23.6 Å². The first-order valence-corrected chi connectivity index (χ1v) is 12.6. The van der Waals surface area contributed by atoms with Crippen LogP contribution in [0.15, 0.2) is 68.6 Å². The predicted molar refractivity (Wildman–Crippen MR) is 145 cm³/mol. The van der Waals surface area contributed by atoms with Gasteiger partial charge in [0.25, 0.3) is 5.91 Å². The van der Waals surface area contributed by atoms with Crippen molar-refractivity contribution in [3.8, 4) is 17.2 Å². The number of benzene rings is 3. The summed E-state index contributed by atoms with van der Waals surface area (Å²) in [6.07, 6.45) is 1.56. The van der Waals surface area contributed by atoms with Crippen molar-refractivity contribution in [3.63, 3.8) is 0 Å². The van der Waals surface area contributed by atoms with Crippen LogP contribution in [-0.2, 0) is 6.61 Å². The second-order valence-electron chi connectivity index (χ2n) is 6.72. The lowest BCUT2D eigenvalue weighted by Crippen LogP contribution is -2.18. The first kappa shape index (κ1) is 25.5. The molecule has 1 amide bonds. The number of rotatable bonds is 9. The normalized spacial score (nSPS) is 10.8. The highest BCUT2D eigenvalue weighted by Crippen LogP contribution is 2.34. The molecule has 0 aliphatic rings. The van der Waals surface area contributed by atoms with E-state index in [0.29, 0.717) is 36.0 Å². The first-order chi connectivity index (χ1) is 15.9. The number of nitrogens with zero attached hydrogens (tertiary/aromatic N) is 1. The molecule has 9 heteroatoms. The summed E-state index contributed by atoms with van der Waals surface area (Å²) in [5.74, 6) is 1.37. The Morgan fingerprint density at radius 1 is 1.03 bits per heavy atom. The van der Waals surface area contributed by atoms with E-state index in [1.807, 2.05) is 43.3 Å². The molecule has 0 aromatic heterocycles. The predicted octanol–water partition coefficient (Wildman–Crippen LogP) is 6.57. The van der Waals surface area contributed by atoms with Crippen molar-refractivity contribution in [2.45, 2.75) is 13.5 Å². The van der Waals surface area contributed by atoms with E-state index in [-0.39, 0.29) is 5.91 Å². The summed E-state index contributed by atoms with van der Waals surface area (Å²) in [6.45, 7) is 2.82. The zero-order valence-electron chi connectivity index (χ0n) is 17.9. The van der Waals surface area contributed by atoms with Crippen molar-refractivity contribution in [3.05, 3.63) is 83.8 Å². The van der Waals surface area contributed by atoms with Crippen LogP contribution in [0.1, 0.15) is 28.4 Å². The molecule has 0 bridgehead atoms. The lowest BCUT2D eigenvalue weighted by Gasteiger charge is -2.15. The van der Waals surface area contributed by atoms with Gasteiger partial charge < -0.3 is 14.2 Å². The molecular weight excluding hydrogens is 667 g/mol. The van der Waals surface area contributed by atoms with Crippen LogP contribution in [0.4, 0.5) is 0 Å². The van der Waals surface area contributed by atoms with Crippen LogP contribution < -0.4 is 19.6 Å². The maximum Gasteiger partial charge on any atom is 0.275 e. The maximum atomic E-state index is 12.5. The molecule has 3 aromatic rings.